The van der Waals surface area contributed by atoms with Crippen LogP contribution in [-0.4, -0.2) is 46.9 Å². The van der Waals surface area contributed by atoms with Crippen LogP contribution >= 0.6 is 0 Å². The van der Waals surface area contributed by atoms with Gasteiger partial charge in [0.05, 0.1) is 25.2 Å². The van der Waals surface area contributed by atoms with Crippen LogP contribution in [-0.2, 0) is 14.3 Å². The summed E-state index contributed by atoms with van der Waals surface area (Å²) < 4.78 is 5.86. The van der Waals surface area contributed by atoms with Crippen molar-refractivity contribution in [3.63, 3.8) is 0 Å². The van der Waals surface area contributed by atoms with Crippen LogP contribution in [0.1, 0.15) is 258 Å². The third kappa shape index (κ3) is 39.2. The number of aliphatic hydroxyl groups excluding tert-OH is 2. The highest BCUT2D eigenvalue weighted by atomic mass is 16.5. The van der Waals surface area contributed by atoms with Crippen molar-refractivity contribution in [2.24, 2.45) is 0 Å². The van der Waals surface area contributed by atoms with E-state index in [1.807, 2.05) is 6.08 Å². The van der Waals surface area contributed by atoms with Gasteiger partial charge in [-0.3, -0.25) is 9.59 Å². The van der Waals surface area contributed by atoms with Crippen LogP contribution in [0.15, 0.2) is 24.3 Å². The van der Waals surface area contributed by atoms with E-state index in [1.54, 1.807) is 0 Å². The summed E-state index contributed by atoms with van der Waals surface area (Å²) in [6.07, 6.45) is 49.6. The molecule has 0 aliphatic rings. The van der Waals surface area contributed by atoms with Crippen molar-refractivity contribution in [1.29, 1.82) is 0 Å². The third-order valence-electron chi connectivity index (χ3n) is 11.3. The number of hydrogen-bond donors (Lipinski definition) is 3. The molecule has 0 aromatic carbocycles. The average molecular weight is 790 g/mol. The Bertz CT molecular complexity index is 889. The highest BCUT2D eigenvalue weighted by Crippen LogP contribution is 2.18. The number of allylic oxidation sites excluding steroid dienone is 4. The summed E-state index contributed by atoms with van der Waals surface area (Å²) in [4.78, 5) is 25.9. The summed E-state index contributed by atoms with van der Waals surface area (Å²) in [6.45, 7) is 6.45. The van der Waals surface area contributed by atoms with Crippen molar-refractivity contribution < 1.29 is 24.5 Å². The topological polar surface area (TPSA) is 95.9 Å². The van der Waals surface area contributed by atoms with Crippen molar-refractivity contribution >= 4 is 11.9 Å². The second-order valence-corrected chi connectivity index (χ2v) is 16.9. The quantitative estimate of drug-likeness (QED) is 0.0324. The molecule has 3 unspecified atom stereocenters. The van der Waals surface area contributed by atoms with Gasteiger partial charge in [-0.25, -0.2) is 0 Å². The second-order valence-electron chi connectivity index (χ2n) is 16.9. The van der Waals surface area contributed by atoms with Crippen molar-refractivity contribution in [2.75, 3.05) is 6.61 Å². The largest absolute Gasteiger partial charge is 0.462 e. The number of carbonyl (C=O) groups excluding carboxylic acids is 2. The fraction of sp³-hybridized carbons (Fsp3) is 0.880. The lowest BCUT2D eigenvalue weighted by molar-refractivity contribution is -0.150. The number of nitrogens with one attached hydrogen (secondary N) is 1. The standard InChI is InChI=1S/C50H95NO5/c1-4-7-10-13-16-19-21-23-24-26-27-30-33-36-39-42-48(53)47(45-52)51-49(54)44-46(41-38-35-32-29-18-15-12-9-6-3)56-50(55)43-40-37-34-31-28-25-22-20-17-14-11-8-5-2/h25,28,34,37,46-48,52-53H,4-24,26-27,29-33,35-36,38-45H2,1-3H3,(H,51,54)/b28-25-,37-34+. The molecule has 330 valence electrons. The van der Waals surface area contributed by atoms with Gasteiger partial charge in [-0.2, -0.15) is 0 Å². The van der Waals surface area contributed by atoms with Gasteiger partial charge in [0.25, 0.3) is 0 Å². The fourth-order valence-electron chi connectivity index (χ4n) is 7.54. The van der Waals surface area contributed by atoms with E-state index < -0.39 is 18.2 Å². The number of rotatable bonds is 44. The van der Waals surface area contributed by atoms with Gasteiger partial charge >= 0.3 is 5.97 Å². The van der Waals surface area contributed by atoms with Gasteiger partial charge in [-0.1, -0.05) is 225 Å². The molecule has 56 heavy (non-hydrogen) atoms. The van der Waals surface area contributed by atoms with E-state index in [-0.39, 0.29) is 24.9 Å². The highest BCUT2D eigenvalue weighted by Gasteiger charge is 2.24. The van der Waals surface area contributed by atoms with E-state index in [9.17, 15) is 19.8 Å². The lowest BCUT2D eigenvalue weighted by Crippen LogP contribution is -2.46. The molecule has 0 aromatic rings. The summed E-state index contributed by atoms with van der Waals surface area (Å²) >= 11 is 0. The Labute approximate surface area is 348 Å². The molecule has 3 N–H and O–H groups in total. The normalized spacial score (nSPS) is 13.4. The van der Waals surface area contributed by atoms with Crippen LogP contribution in [0.5, 0.6) is 0 Å². The molecule has 0 fully saturated rings. The van der Waals surface area contributed by atoms with Crippen molar-refractivity contribution in [2.45, 2.75) is 277 Å². The van der Waals surface area contributed by atoms with E-state index in [0.29, 0.717) is 25.7 Å². The van der Waals surface area contributed by atoms with E-state index in [1.165, 1.54) is 161 Å². The molecule has 0 aliphatic carbocycles. The molecule has 0 saturated heterocycles. The number of unbranched alkanes of at least 4 members (excludes halogenated alkanes) is 28. The van der Waals surface area contributed by atoms with Gasteiger partial charge in [0, 0.05) is 6.42 Å². The molecule has 0 bridgehead atoms. The van der Waals surface area contributed by atoms with Gasteiger partial charge < -0.3 is 20.3 Å². The number of aliphatic hydroxyl groups is 2. The molecule has 6 nitrogen and oxygen atoms in total. The highest BCUT2D eigenvalue weighted by molar-refractivity contribution is 5.77. The Balaban J connectivity index is 4.51. The monoisotopic (exact) mass is 790 g/mol. The van der Waals surface area contributed by atoms with Crippen LogP contribution in [0, 0.1) is 0 Å². The van der Waals surface area contributed by atoms with E-state index >= 15 is 0 Å². The molecule has 3 atom stereocenters. The number of amides is 1. The second kappa shape index (κ2) is 44.4. The van der Waals surface area contributed by atoms with E-state index in [0.717, 1.165) is 44.9 Å². The van der Waals surface area contributed by atoms with Gasteiger partial charge in [0.15, 0.2) is 0 Å². The summed E-state index contributed by atoms with van der Waals surface area (Å²) in [5.74, 6) is -0.546. The Morgan fingerprint density at radius 3 is 1.36 bits per heavy atom. The molecule has 6 heteroatoms. The minimum absolute atomic E-state index is 0.0597. The smallest absolute Gasteiger partial charge is 0.306 e. The summed E-state index contributed by atoms with van der Waals surface area (Å²) in [5.41, 5.74) is 0. The number of ether oxygens (including phenoxy) is 1. The summed E-state index contributed by atoms with van der Waals surface area (Å²) in [6, 6.07) is -0.705. The third-order valence-corrected chi connectivity index (χ3v) is 11.3. The molecule has 0 spiro atoms. The van der Waals surface area contributed by atoms with Crippen LogP contribution in [0.2, 0.25) is 0 Å². The van der Waals surface area contributed by atoms with Crippen LogP contribution in [0.3, 0.4) is 0 Å². The molecule has 0 aliphatic heterocycles. The molecule has 0 saturated carbocycles. The zero-order valence-corrected chi connectivity index (χ0v) is 37.5. The van der Waals surface area contributed by atoms with Crippen LogP contribution in [0.25, 0.3) is 0 Å². The van der Waals surface area contributed by atoms with Crippen LogP contribution < -0.4 is 5.32 Å². The minimum Gasteiger partial charge on any atom is -0.462 e. The predicted molar refractivity (Wildman–Crippen MR) is 241 cm³/mol. The number of hydrogen-bond acceptors (Lipinski definition) is 5. The number of carbonyl (C=O) groups is 2. The maximum Gasteiger partial charge on any atom is 0.306 e. The zero-order valence-electron chi connectivity index (χ0n) is 37.5. The first-order valence-electron chi connectivity index (χ1n) is 24.6. The van der Waals surface area contributed by atoms with Gasteiger partial charge in [0.1, 0.15) is 6.10 Å². The maximum absolute atomic E-state index is 13.1. The first kappa shape index (κ1) is 54.3. The average Bonchev–Trinajstić information content (AvgIpc) is 3.19. The lowest BCUT2D eigenvalue weighted by atomic mass is 10.0. The van der Waals surface area contributed by atoms with Gasteiger partial charge in [0.2, 0.25) is 5.91 Å². The Morgan fingerprint density at radius 1 is 0.518 bits per heavy atom. The van der Waals surface area contributed by atoms with E-state index in [4.69, 9.17) is 4.74 Å². The summed E-state index contributed by atoms with van der Waals surface area (Å²) in [5, 5.41) is 23.7. The Kier molecular flexibility index (Phi) is 43.1. The molecule has 0 radical (unpaired) electrons. The molecule has 0 rings (SSSR count). The zero-order chi connectivity index (χ0) is 41.0. The minimum atomic E-state index is -0.790. The SMILES string of the molecule is CCCCCCCC/C=C\C/C=C/CCC(=O)OC(CCCCCCCCCCC)CC(=O)NC(CO)C(O)CCCCCCCCCCCCCCCCC. The maximum atomic E-state index is 13.1. The lowest BCUT2D eigenvalue weighted by Gasteiger charge is -2.24. The van der Waals surface area contributed by atoms with Crippen LogP contribution in [0.4, 0.5) is 0 Å². The fourth-order valence-corrected chi connectivity index (χ4v) is 7.54. The van der Waals surface area contributed by atoms with Gasteiger partial charge in [-0.15, -0.1) is 0 Å². The van der Waals surface area contributed by atoms with Gasteiger partial charge in [-0.05, 0) is 44.9 Å². The molecule has 1 amide bonds. The molecule has 0 heterocycles. The first-order valence-corrected chi connectivity index (χ1v) is 24.6. The molecular weight excluding hydrogens is 695 g/mol. The predicted octanol–water partition coefficient (Wildman–Crippen LogP) is 14.3. The van der Waals surface area contributed by atoms with E-state index in [2.05, 4.69) is 44.3 Å². The Morgan fingerprint density at radius 2 is 0.911 bits per heavy atom. The Hall–Kier alpha value is -1.66. The summed E-state index contributed by atoms with van der Waals surface area (Å²) in [7, 11) is 0. The van der Waals surface area contributed by atoms with Crippen molar-refractivity contribution in [3.05, 3.63) is 24.3 Å². The number of esters is 1. The van der Waals surface area contributed by atoms with Crippen molar-refractivity contribution in [1.82, 2.24) is 5.32 Å². The molecule has 0 aromatic heterocycles. The first-order chi connectivity index (χ1) is 27.5. The van der Waals surface area contributed by atoms with Crippen molar-refractivity contribution in [3.8, 4) is 0 Å². The molecular formula is C50H95NO5.